The maximum atomic E-state index is 12.7. The molecule has 8 nitrogen and oxygen atoms in total. The minimum absolute atomic E-state index is 0.0693. The van der Waals surface area contributed by atoms with Gasteiger partial charge in [0, 0.05) is 23.0 Å². The van der Waals surface area contributed by atoms with Gasteiger partial charge < -0.3 is 10.1 Å². The number of amides is 1. The zero-order valence-electron chi connectivity index (χ0n) is 17.8. The van der Waals surface area contributed by atoms with Gasteiger partial charge in [0.1, 0.15) is 11.5 Å². The number of aromatic amines is 1. The van der Waals surface area contributed by atoms with Crippen LogP contribution in [0.25, 0.3) is 0 Å². The number of nitrogens with one attached hydrogen (secondary N) is 3. The number of carbonyl (C=O) groups is 1. The van der Waals surface area contributed by atoms with Crippen molar-refractivity contribution in [1.29, 1.82) is 0 Å². The van der Waals surface area contributed by atoms with Crippen molar-refractivity contribution < 1.29 is 9.53 Å². The first-order chi connectivity index (χ1) is 16.0. The molecule has 0 saturated heterocycles. The summed E-state index contributed by atoms with van der Waals surface area (Å²) in [5.41, 5.74) is 1.29. The van der Waals surface area contributed by atoms with Crippen molar-refractivity contribution in [3.63, 3.8) is 0 Å². The molecule has 33 heavy (non-hydrogen) atoms. The molecule has 0 saturated carbocycles. The molecule has 1 aromatic heterocycles. The van der Waals surface area contributed by atoms with E-state index in [0.29, 0.717) is 22.7 Å². The fourth-order valence-corrected chi connectivity index (χ4v) is 2.95. The molecule has 3 N–H and O–H groups in total. The number of rotatable bonds is 5. The molecular formula is C25H21N5O3. The first-order valence-corrected chi connectivity index (χ1v) is 10.2. The van der Waals surface area contributed by atoms with Crippen LogP contribution in [0.1, 0.15) is 16.1 Å². The summed E-state index contributed by atoms with van der Waals surface area (Å²) in [6, 6.07) is 26.7. The topological polar surface area (TPSA) is 108 Å². The zero-order valence-corrected chi connectivity index (χ0v) is 17.8. The summed E-state index contributed by atoms with van der Waals surface area (Å²) in [5.74, 6) is 1.20. The normalized spacial score (nSPS) is 11.0. The molecule has 0 atom stereocenters. The maximum Gasteiger partial charge on any atom is 0.257 e. The molecule has 1 heterocycles. The van der Waals surface area contributed by atoms with Crippen LogP contribution in [0.4, 0.5) is 11.6 Å². The number of hydrogen-bond donors (Lipinski definition) is 3. The average Bonchev–Trinajstić information content (AvgIpc) is 2.81. The van der Waals surface area contributed by atoms with Crippen molar-refractivity contribution >= 4 is 23.5 Å². The second-order valence-corrected chi connectivity index (χ2v) is 7.06. The molecule has 0 fully saturated rings. The van der Waals surface area contributed by atoms with E-state index < -0.39 is 0 Å². The number of nitrogens with zero attached hydrogens (tertiary/aromatic N) is 2. The number of anilines is 1. The first kappa shape index (κ1) is 21.5. The largest absolute Gasteiger partial charge is 0.457 e. The van der Waals surface area contributed by atoms with E-state index in [2.05, 4.69) is 25.6 Å². The summed E-state index contributed by atoms with van der Waals surface area (Å²) in [5, 5.41) is 5.79. The number of hydrogen-bond acceptors (Lipinski definition) is 5. The summed E-state index contributed by atoms with van der Waals surface area (Å²) < 4.78 is 5.81. The third-order valence-corrected chi connectivity index (χ3v) is 4.44. The second-order valence-electron chi connectivity index (χ2n) is 7.06. The van der Waals surface area contributed by atoms with E-state index in [1.165, 1.54) is 6.07 Å². The number of ether oxygens (including phenoxy) is 1. The molecule has 164 valence electrons. The number of aryl methyl sites for hydroxylation is 1. The summed E-state index contributed by atoms with van der Waals surface area (Å²) in [4.78, 5) is 35.5. The molecule has 3 aromatic carbocycles. The highest BCUT2D eigenvalue weighted by atomic mass is 16.5. The van der Waals surface area contributed by atoms with Gasteiger partial charge in [-0.05, 0) is 55.5 Å². The first-order valence-electron chi connectivity index (χ1n) is 10.2. The zero-order chi connectivity index (χ0) is 23.0. The summed E-state index contributed by atoms with van der Waals surface area (Å²) >= 11 is 0. The van der Waals surface area contributed by atoms with Crippen LogP contribution >= 0.6 is 0 Å². The number of guanidine groups is 1. The molecule has 0 radical (unpaired) electrons. The summed E-state index contributed by atoms with van der Waals surface area (Å²) in [6.45, 7) is 1.69. The van der Waals surface area contributed by atoms with Crippen LogP contribution in [0, 0.1) is 6.92 Å². The predicted octanol–water partition coefficient (Wildman–Crippen LogP) is 4.40. The van der Waals surface area contributed by atoms with Crippen molar-refractivity contribution in [3.8, 4) is 11.5 Å². The molecule has 4 rings (SSSR count). The Labute approximate surface area is 190 Å². The Morgan fingerprint density at radius 3 is 2.21 bits per heavy atom. The van der Waals surface area contributed by atoms with Gasteiger partial charge in [0.15, 0.2) is 0 Å². The van der Waals surface area contributed by atoms with E-state index >= 15 is 0 Å². The lowest BCUT2D eigenvalue weighted by atomic mass is 10.2. The van der Waals surface area contributed by atoms with Crippen molar-refractivity contribution in [1.82, 2.24) is 15.3 Å². The third-order valence-electron chi connectivity index (χ3n) is 4.44. The van der Waals surface area contributed by atoms with E-state index in [0.717, 1.165) is 5.75 Å². The fraction of sp³-hybridized carbons (Fsp3) is 0.0400. The Morgan fingerprint density at radius 1 is 0.909 bits per heavy atom. The number of H-pyrrole nitrogens is 1. The van der Waals surface area contributed by atoms with E-state index in [4.69, 9.17) is 4.74 Å². The Bertz CT molecular complexity index is 1320. The highest BCUT2D eigenvalue weighted by molar-refractivity contribution is 6.10. The van der Waals surface area contributed by atoms with Gasteiger partial charge >= 0.3 is 0 Å². The lowest BCUT2D eigenvalue weighted by Gasteiger charge is -2.12. The van der Waals surface area contributed by atoms with E-state index in [1.807, 2.05) is 36.4 Å². The minimum Gasteiger partial charge on any atom is -0.457 e. The lowest BCUT2D eigenvalue weighted by Crippen LogP contribution is -2.36. The van der Waals surface area contributed by atoms with Gasteiger partial charge in [-0.15, -0.1) is 0 Å². The van der Waals surface area contributed by atoms with Gasteiger partial charge in [-0.3, -0.25) is 19.9 Å². The summed E-state index contributed by atoms with van der Waals surface area (Å²) in [7, 11) is 0. The number of aliphatic imine (C=N–C) groups is 1. The Morgan fingerprint density at radius 2 is 1.55 bits per heavy atom. The van der Waals surface area contributed by atoms with E-state index in [9.17, 15) is 9.59 Å². The molecule has 0 aliphatic heterocycles. The third kappa shape index (κ3) is 6.14. The van der Waals surface area contributed by atoms with Gasteiger partial charge in [-0.25, -0.2) is 4.98 Å². The molecule has 0 spiro atoms. The van der Waals surface area contributed by atoms with Gasteiger partial charge in [-0.1, -0.05) is 36.4 Å². The van der Waals surface area contributed by atoms with Gasteiger partial charge in [0.25, 0.3) is 11.5 Å². The maximum absolute atomic E-state index is 12.7. The molecule has 0 unspecified atom stereocenters. The fourth-order valence-electron chi connectivity index (χ4n) is 2.95. The van der Waals surface area contributed by atoms with Crippen molar-refractivity contribution in [3.05, 3.63) is 113 Å². The number of aromatic nitrogens is 2. The number of benzene rings is 3. The highest BCUT2D eigenvalue weighted by Gasteiger charge is 2.10. The monoisotopic (exact) mass is 439 g/mol. The summed E-state index contributed by atoms with van der Waals surface area (Å²) in [6.07, 6.45) is 0. The quantitative estimate of drug-likeness (QED) is 0.315. The van der Waals surface area contributed by atoms with Gasteiger partial charge in [0.05, 0.1) is 0 Å². The highest BCUT2D eigenvalue weighted by Crippen LogP contribution is 2.22. The van der Waals surface area contributed by atoms with Crippen LogP contribution in [-0.4, -0.2) is 21.8 Å². The Hall–Kier alpha value is -4.72. The number of carbonyl (C=O) groups excluding carboxylic acids is 1. The molecule has 8 heteroatoms. The molecule has 0 aliphatic rings. The van der Waals surface area contributed by atoms with E-state index in [1.54, 1.807) is 55.5 Å². The average molecular weight is 439 g/mol. The van der Waals surface area contributed by atoms with Crippen LogP contribution in [-0.2, 0) is 0 Å². The predicted molar refractivity (Wildman–Crippen MR) is 127 cm³/mol. The molecule has 0 aliphatic carbocycles. The van der Waals surface area contributed by atoms with Crippen molar-refractivity contribution in [2.45, 2.75) is 6.92 Å². The standard InChI is InChI=1S/C25H21N5O3/c1-17-16-22(31)28-24(26-17)30-25(29-23(32)18-8-4-2-5-9-18)27-19-12-14-21(15-13-19)33-20-10-6-3-7-11-20/h2-16H,1H3,(H3,26,27,28,29,30,31,32). The van der Waals surface area contributed by atoms with Gasteiger partial charge in [-0.2, -0.15) is 4.99 Å². The molecule has 1 amide bonds. The second kappa shape index (κ2) is 10.1. The molecular weight excluding hydrogens is 418 g/mol. The van der Waals surface area contributed by atoms with Crippen LogP contribution in [0.3, 0.4) is 0 Å². The van der Waals surface area contributed by atoms with Crippen LogP contribution in [0.5, 0.6) is 11.5 Å². The van der Waals surface area contributed by atoms with Crippen molar-refractivity contribution in [2.75, 3.05) is 5.32 Å². The van der Waals surface area contributed by atoms with Crippen LogP contribution in [0.2, 0.25) is 0 Å². The van der Waals surface area contributed by atoms with Crippen LogP contribution < -0.4 is 20.9 Å². The smallest absolute Gasteiger partial charge is 0.257 e. The lowest BCUT2D eigenvalue weighted by molar-refractivity contribution is 0.0977. The van der Waals surface area contributed by atoms with E-state index in [-0.39, 0.29) is 23.4 Å². The molecule has 0 bridgehead atoms. The minimum atomic E-state index is -0.360. The number of para-hydroxylation sites is 1. The van der Waals surface area contributed by atoms with Crippen LogP contribution in [0.15, 0.2) is 101 Å². The van der Waals surface area contributed by atoms with Crippen molar-refractivity contribution in [2.24, 2.45) is 4.99 Å². The van der Waals surface area contributed by atoms with Gasteiger partial charge in [0.2, 0.25) is 11.9 Å². The Kier molecular flexibility index (Phi) is 6.56. The molecule has 4 aromatic rings. The Balaban J connectivity index is 1.57. The SMILES string of the molecule is Cc1cc(=O)[nH]c(N=C(NC(=O)c2ccccc2)Nc2ccc(Oc3ccccc3)cc2)n1.